The first-order valence-corrected chi connectivity index (χ1v) is 39.4. The lowest BCUT2D eigenvalue weighted by Crippen LogP contribution is -2.68. The predicted octanol–water partition coefficient (Wildman–Crippen LogP) is 5.68. The molecule has 3 aliphatic heterocycles. The molecule has 7 fully saturated rings. The molecule has 0 aromatic heterocycles. The van der Waals surface area contributed by atoms with Crippen molar-refractivity contribution in [3.8, 4) is 0 Å². The molecule has 1 spiro atoms. The maximum Gasteiger partial charge on any atom is 0.394 e. The van der Waals surface area contributed by atoms with Crippen LogP contribution >= 0.6 is 0 Å². The number of likely N-dealkylation sites (N-methyl/N-ethyl adjacent to an activating group) is 7. The number of nitrogens with one attached hydrogen (secondary N) is 3. The Kier molecular flexibility index (Phi) is 29.9. The number of carbonyl (C=O) groups excluding carboxylic acids is 12. The largest absolute Gasteiger partial charge is 0.394 e. The summed E-state index contributed by atoms with van der Waals surface area (Å²) < 4.78 is 54.5. The number of nitrogens with zero attached hydrogens (tertiary/aromatic N) is 9. The van der Waals surface area contributed by atoms with E-state index in [0.717, 1.165) is 51.4 Å². The fraction of sp³-hybridized carbons (Fsp3) is 0.818. The van der Waals surface area contributed by atoms with Crippen molar-refractivity contribution in [1.29, 1.82) is 0 Å². The lowest BCUT2D eigenvalue weighted by atomic mass is 9.74. The van der Waals surface area contributed by atoms with E-state index in [1.807, 2.05) is 13.0 Å². The molecule has 12 amide bonds. The molecule has 106 heavy (non-hydrogen) atoms. The maximum atomic E-state index is 15.7. The monoisotopic (exact) mass is 1500 g/mol. The fourth-order valence-corrected chi connectivity index (χ4v) is 17.4. The van der Waals surface area contributed by atoms with Crippen molar-refractivity contribution in [2.45, 2.75) is 267 Å². The third-order valence-electron chi connectivity index (χ3n) is 25.1. The van der Waals surface area contributed by atoms with Crippen molar-refractivity contribution in [3.05, 3.63) is 12.2 Å². The van der Waals surface area contributed by atoms with E-state index in [-0.39, 0.29) is 115 Å². The summed E-state index contributed by atoms with van der Waals surface area (Å²) in [5.41, 5.74) is -1.58. The van der Waals surface area contributed by atoms with Gasteiger partial charge in [-0.05, 0) is 139 Å². The van der Waals surface area contributed by atoms with Gasteiger partial charge in [0.1, 0.15) is 53.9 Å². The standard InChI is InChI=1S/C77H123F3N12O14/c1-14-48(5)65-73(102)86(8)46-64(95)87(9)56-25-18-17-21-38-91(72(56)101)60(40-49-28-26-47(4)27-29-49)71(100)85(7)45-62(93)81-55(35-33-51-32-34-54(77(78,79)80)61(41-51)105-13)69(98)92-44-53(106-16-3)42-58(92)68(97)83-76(36-22-37-76)75(104)90(12)66(52-23-19-20-24-52)74(103)89(11)59(70(99)84(6)15-2)43-63(94)88(10)57(67(96)82-65)39-50-30-31-50/h17-18,47-61,65-66H,14-16,19-46H2,1-13H3,(H,81,93)(H,82,96)(H,83,97)/b18-17-/t47?,48-,49?,51?,53+,54?,55-,56-,57-,58-,59-,60-,61?,65-,66-/m0/s1. The SMILES string of the molecule is CCO[C@@H]1C[C@H]2C(=O)NC3(CCC3)C(=O)N(C)[C@@H](C3CCCC3)C(=O)N(C)[C@H](C(=O)N(C)CC)CC(=O)N(C)[C@@H](CC3CC3)C(=O)N[C@@H]([C@@H](C)CC)C(=O)N(C)CC(=O)N(C)[C@H]3C/C=C\CCN(C3=O)[C@@H](CC3CCC(C)CC3)C(=O)N(C)CC(=O)N[C@@H](CCC3CCC(C(F)(F)F)C(OC)C3)C(=O)N2C1. The van der Waals surface area contributed by atoms with Crippen molar-refractivity contribution in [1.82, 2.24) is 60.0 Å². The van der Waals surface area contributed by atoms with Crippen molar-refractivity contribution in [3.63, 3.8) is 0 Å². The molecule has 2 bridgehead atoms. The van der Waals surface area contributed by atoms with Crippen LogP contribution in [-0.4, -0.2) is 283 Å². The number of halogens is 3. The lowest BCUT2D eigenvalue weighted by Gasteiger charge is -2.46. The molecule has 596 valence electrons. The quantitative estimate of drug-likeness (QED) is 0.166. The summed E-state index contributed by atoms with van der Waals surface area (Å²) in [6, 6.07) is -9.93. The highest BCUT2D eigenvalue weighted by Crippen LogP contribution is 2.44. The van der Waals surface area contributed by atoms with E-state index in [4.69, 9.17) is 9.47 Å². The van der Waals surface area contributed by atoms with Gasteiger partial charge in [-0.25, -0.2) is 0 Å². The minimum atomic E-state index is -4.52. The van der Waals surface area contributed by atoms with Crippen LogP contribution in [0.2, 0.25) is 0 Å². The molecule has 26 nitrogen and oxygen atoms in total. The normalized spacial score (nSPS) is 32.1. The average Bonchev–Trinajstić information content (AvgIpc) is 1.13. The van der Waals surface area contributed by atoms with Gasteiger partial charge in [-0.2, -0.15) is 13.2 Å². The van der Waals surface area contributed by atoms with Gasteiger partial charge >= 0.3 is 6.18 Å². The third kappa shape index (κ3) is 20.5. The van der Waals surface area contributed by atoms with E-state index in [2.05, 4.69) is 22.9 Å². The van der Waals surface area contributed by atoms with Gasteiger partial charge in [0.15, 0.2) is 0 Å². The predicted molar refractivity (Wildman–Crippen MR) is 389 cm³/mol. The van der Waals surface area contributed by atoms with Crippen LogP contribution < -0.4 is 16.0 Å². The van der Waals surface area contributed by atoms with Gasteiger partial charge in [-0.15, -0.1) is 0 Å². The second-order valence-corrected chi connectivity index (χ2v) is 32.4. The number of ether oxygens (including phenoxy) is 2. The molecular formula is C77H123F3N12O14. The topological polar surface area (TPSA) is 289 Å². The first-order valence-electron chi connectivity index (χ1n) is 39.4. The van der Waals surface area contributed by atoms with Gasteiger partial charge in [0.2, 0.25) is 70.9 Å². The van der Waals surface area contributed by atoms with E-state index in [0.29, 0.717) is 38.0 Å². The number of amides is 12. The minimum absolute atomic E-state index is 0.000518. The van der Waals surface area contributed by atoms with Gasteiger partial charge in [-0.3, -0.25) is 57.5 Å². The molecule has 3 unspecified atom stereocenters. The Bertz CT molecular complexity index is 3160. The number of alkyl halides is 3. The van der Waals surface area contributed by atoms with Crippen molar-refractivity contribution in [2.75, 3.05) is 95.8 Å². The highest BCUT2D eigenvalue weighted by Gasteiger charge is 2.55. The molecule has 13 atom stereocenters. The van der Waals surface area contributed by atoms with Crippen LogP contribution in [0.5, 0.6) is 0 Å². The molecular weight excluding hydrogens is 1370 g/mol. The Morgan fingerprint density at radius 1 is 0.660 bits per heavy atom. The zero-order valence-corrected chi connectivity index (χ0v) is 65.3. The first kappa shape index (κ1) is 84.7. The number of carbonyl (C=O) groups is 12. The zero-order chi connectivity index (χ0) is 77.8. The van der Waals surface area contributed by atoms with Gasteiger partial charge in [0.25, 0.3) is 0 Å². The molecule has 0 aromatic carbocycles. The second kappa shape index (κ2) is 37.5. The van der Waals surface area contributed by atoms with Crippen LogP contribution in [0.1, 0.15) is 195 Å². The van der Waals surface area contributed by atoms with E-state index < -0.39 is 180 Å². The lowest BCUT2D eigenvalue weighted by molar-refractivity contribution is -0.215. The van der Waals surface area contributed by atoms with E-state index >= 15 is 33.6 Å². The molecule has 2 saturated heterocycles. The Morgan fingerprint density at radius 3 is 1.89 bits per heavy atom. The Hall–Kier alpha value is -6.91. The van der Waals surface area contributed by atoms with Gasteiger partial charge in [0, 0.05) is 89.1 Å². The second-order valence-electron chi connectivity index (χ2n) is 32.4. The molecule has 3 N–H and O–H groups in total. The Balaban J connectivity index is 1.19. The number of hydrogen-bond acceptors (Lipinski definition) is 14. The zero-order valence-electron chi connectivity index (χ0n) is 65.3. The molecule has 3 heterocycles. The van der Waals surface area contributed by atoms with Gasteiger partial charge < -0.3 is 69.5 Å². The summed E-state index contributed by atoms with van der Waals surface area (Å²) in [7, 11) is 11.5. The molecule has 8 rings (SSSR count). The van der Waals surface area contributed by atoms with Gasteiger partial charge in [0.05, 0.1) is 37.6 Å². The highest BCUT2D eigenvalue weighted by molar-refractivity contribution is 6.01. The first-order chi connectivity index (χ1) is 50.2. The Morgan fingerprint density at radius 2 is 1.29 bits per heavy atom. The van der Waals surface area contributed by atoms with Crippen molar-refractivity contribution >= 4 is 70.9 Å². The summed E-state index contributed by atoms with van der Waals surface area (Å²) in [4.78, 5) is 194. The summed E-state index contributed by atoms with van der Waals surface area (Å²) in [6.07, 6.45) is 6.25. The van der Waals surface area contributed by atoms with Crippen LogP contribution in [0.15, 0.2) is 12.2 Å². The number of rotatable bonds is 15. The maximum absolute atomic E-state index is 15.7. The highest BCUT2D eigenvalue weighted by atomic mass is 19.4. The number of hydrogen-bond donors (Lipinski definition) is 3. The molecule has 0 aromatic rings. The van der Waals surface area contributed by atoms with Crippen molar-refractivity contribution in [2.24, 2.45) is 41.4 Å². The molecule has 5 saturated carbocycles. The number of fused-ring (bicyclic) bond motifs is 3. The van der Waals surface area contributed by atoms with Crippen LogP contribution in [0, 0.1) is 41.4 Å². The fourth-order valence-electron chi connectivity index (χ4n) is 17.4. The summed E-state index contributed by atoms with van der Waals surface area (Å²) >= 11 is 0. The van der Waals surface area contributed by atoms with E-state index in [9.17, 15) is 37.1 Å². The summed E-state index contributed by atoms with van der Waals surface area (Å²) in [5, 5.41) is 8.89. The van der Waals surface area contributed by atoms with E-state index in [1.54, 1.807) is 33.9 Å². The van der Waals surface area contributed by atoms with Gasteiger partial charge in [-0.1, -0.05) is 90.7 Å². The number of methoxy groups -OCH3 is 1. The summed E-state index contributed by atoms with van der Waals surface area (Å²) in [6.45, 7) is 8.51. The molecule has 29 heteroatoms. The average molecular weight is 1500 g/mol. The third-order valence-corrected chi connectivity index (χ3v) is 25.1. The smallest absolute Gasteiger partial charge is 0.381 e. The molecule has 5 aliphatic carbocycles. The molecule has 8 aliphatic rings. The Labute approximate surface area is 625 Å². The van der Waals surface area contributed by atoms with Crippen LogP contribution in [0.3, 0.4) is 0 Å². The molecule has 0 radical (unpaired) electrons. The van der Waals surface area contributed by atoms with Crippen LogP contribution in [0.4, 0.5) is 13.2 Å². The minimum Gasteiger partial charge on any atom is -0.381 e. The van der Waals surface area contributed by atoms with Crippen LogP contribution in [-0.2, 0) is 67.0 Å². The van der Waals surface area contributed by atoms with Crippen molar-refractivity contribution < 1.29 is 80.2 Å². The van der Waals surface area contributed by atoms with E-state index in [1.165, 1.54) is 93.5 Å². The summed E-state index contributed by atoms with van der Waals surface area (Å²) in [5.74, 6) is -10.1. The van der Waals surface area contributed by atoms with Crippen LogP contribution in [0.25, 0.3) is 0 Å².